The van der Waals surface area contributed by atoms with Crippen molar-refractivity contribution < 1.29 is 9.66 Å². The number of hydrogen-bond acceptors (Lipinski definition) is 5. The lowest BCUT2D eigenvalue weighted by molar-refractivity contribution is -0.427. The smallest absolute Gasteiger partial charge is 0.263 e. The maximum atomic E-state index is 11.3. The second-order valence-electron chi connectivity index (χ2n) is 4.63. The lowest BCUT2D eigenvalue weighted by atomic mass is 10.1. The number of allylic oxidation sites excluding steroid dienone is 2. The fraction of sp³-hybridized carbons (Fsp3) is 0.125. The molecule has 3 rings (SSSR count). The van der Waals surface area contributed by atoms with Crippen molar-refractivity contribution in [2.45, 2.75) is 5.25 Å². The van der Waals surface area contributed by atoms with Crippen LogP contribution in [0.1, 0.15) is 15.7 Å². The molecule has 1 atom stereocenters. The highest BCUT2D eigenvalue weighted by molar-refractivity contribution is 8.08. The molecule has 0 saturated carbocycles. The third-order valence-electron chi connectivity index (χ3n) is 3.31. The number of thioether (sulfide) groups is 1. The van der Waals surface area contributed by atoms with Crippen LogP contribution in [-0.2, 0) is 0 Å². The standard InChI is InChI=1S/C16H13NO3S2/c1-20-12-6-4-11(5-7-12)16-13(17(18)19)8-9-15(22-16)14-3-2-10-21-14/h2-10,16H,1H3. The molecule has 2 aromatic rings. The quantitative estimate of drug-likeness (QED) is 0.599. The van der Waals surface area contributed by atoms with Crippen LogP contribution in [0.3, 0.4) is 0 Å². The van der Waals surface area contributed by atoms with Crippen molar-refractivity contribution in [2.75, 3.05) is 7.11 Å². The van der Waals surface area contributed by atoms with Gasteiger partial charge in [-0.1, -0.05) is 18.2 Å². The molecule has 0 N–H and O–H groups in total. The summed E-state index contributed by atoms with van der Waals surface area (Å²) in [4.78, 5) is 13.2. The van der Waals surface area contributed by atoms with Crippen LogP contribution in [0, 0.1) is 10.1 Å². The largest absolute Gasteiger partial charge is 0.497 e. The minimum atomic E-state index is -0.317. The summed E-state index contributed by atoms with van der Waals surface area (Å²) in [7, 11) is 1.60. The first-order valence-corrected chi connectivity index (χ1v) is 8.35. The predicted octanol–water partition coefficient (Wildman–Crippen LogP) is 4.75. The highest BCUT2D eigenvalue weighted by atomic mass is 32.2. The van der Waals surface area contributed by atoms with E-state index in [0.717, 1.165) is 21.1 Å². The molecule has 1 aromatic carbocycles. The Balaban J connectivity index is 1.96. The van der Waals surface area contributed by atoms with Gasteiger partial charge in [-0.05, 0) is 35.2 Å². The van der Waals surface area contributed by atoms with Crippen molar-refractivity contribution in [1.82, 2.24) is 0 Å². The van der Waals surface area contributed by atoms with Crippen molar-refractivity contribution in [1.29, 1.82) is 0 Å². The number of nitro groups is 1. The SMILES string of the molecule is COc1ccc(C2SC(c3cccs3)=CC=C2[N+](=O)[O-])cc1. The van der Waals surface area contributed by atoms with E-state index in [-0.39, 0.29) is 15.9 Å². The van der Waals surface area contributed by atoms with Crippen molar-refractivity contribution in [3.05, 3.63) is 80.2 Å². The lowest BCUT2D eigenvalue weighted by Crippen LogP contribution is -2.10. The Morgan fingerprint density at radius 1 is 1.18 bits per heavy atom. The van der Waals surface area contributed by atoms with Crippen molar-refractivity contribution >= 4 is 28.0 Å². The molecule has 1 aliphatic heterocycles. The molecule has 1 aromatic heterocycles. The molecule has 0 spiro atoms. The molecule has 0 bridgehead atoms. The Labute approximate surface area is 136 Å². The molecule has 0 radical (unpaired) electrons. The highest BCUT2D eigenvalue weighted by Gasteiger charge is 2.31. The van der Waals surface area contributed by atoms with E-state index in [1.807, 2.05) is 47.9 Å². The summed E-state index contributed by atoms with van der Waals surface area (Å²) < 4.78 is 5.15. The van der Waals surface area contributed by atoms with Gasteiger partial charge in [-0.3, -0.25) is 10.1 Å². The number of benzene rings is 1. The van der Waals surface area contributed by atoms with E-state index in [0.29, 0.717) is 0 Å². The molecule has 1 unspecified atom stereocenters. The Hall–Kier alpha value is -2.05. The Morgan fingerprint density at radius 3 is 2.55 bits per heavy atom. The van der Waals surface area contributed by atoms with Crippen molar-refractivity contribution in [2.24, 2.45) is 0 Å². The summed E-state index contributed by atoms with van der Waals surface area (Å²) in [5.41, 5.74) is 1.10. The van der Waals surface area contributed by atoms with E-state index in [2.05, 4.69) is 0 Å². The molecule has 0 fully saturated rings. The lowest BCUT2D eigenvalue weighted by Gasteiger charge is -2.19. The van der Waals surface area contributed by atoms with Crippen molar-refractivity contribution in [3.63, 3.8) is 0 Å². The predicted molar refractivity (Wildman–Crippen MR) is 90.7 cm³/mol. The maximum Gasteiger partial charge on any atom is 0.263 e. The van der Waals surface area contributed by atoms with Crippen LogP contribution in [-0.4, -0.2) is 12.0 Å². The molecule has 0 aliphatic carbocycles. The van der Waals surface area contributed by atoms with Crippen LogP contribution in [0.25, 0.3) is 4.91 Å². The fourth-order valence-corrected chi connectivity index (χ4v) is 4.31. The highest BCUT2D eigenvalue weighted by Crippen LogP contribution is 2.48. The van der Waals surface area contributed by atoms with E-state index in [9.17, 15) is 10.1 Å². The van der Waals surface area contributed by atoms with Gasteiger partial charge in [0.2, 0.25) is 0 Å². The molecular formula is C16H13NO3S2. The first kappa shape index (κ1) is 14.9. The average molecular weight is 331 g/mol. The first-order valence-electron chi connectivity index (χ1n) is 6.60. The van der Waals surface area contributed by atoms with E-state index in [1.165, 1.54) is 11.8 Å². The normalized spacial score (nSPS) is 17.6. The van der Waals surface area contributed by atoms with E-state index in [1.54, 1.807) is 24.5 Å². The number of ether oxygens (including phenoxy) is 1. The Kier molecular flexibility index (Phi) is 4.31. The van der Waals surface area contributed by atoms with Crippen LogP contribution >= 0.6 is 23.1 Å². The molecule has 22 heavy (non-hydrogen) atoms. The van der Waals surface area contributed by atoms with Gasteiger partial charge in [0.05, 0.1) is 12.0 Å². The van der Waals surface area contributed by atoms with Gasteiger partial charge in [0, 0.05) is 15.9 Å². The van der Waals surface area contributed by atoms with E-state index in [4.69, 9.17) is 4.74 Å². The summed E-state index contributed by atoms with van der Waals surface area (Å²) in [5, 5.41) is 13.0. The minimum absolute atomic E-state index is 0.204. The summed E-state index contributed by atoms with van der Waals surface area (Å²) in [6.07, 6.45) is 3.44. The minimum Gasteiger partial charge on any atom is -0.497 e. The summed E-state index contributed by atoms with van der Waals surface area (Å²) in [6, 6.07) is 11.4. The van der Waals surface area contributed by atoms with Crippen LogP contribution < -0.4 is 4.74 Å². The zero-order valence-electron chi connectivity index (χ0n) is 11.8. The molecule has 4 nitrogen and oxygen atoms in total. The van der Waals surface area contributed by atoms with Crippen LogP contribution in [0.5, 0.6) is 5.75 Å². The van der Waals surface area contributed by atoms with Gasteiger partial charge in [0.15, 0.2) is 0 Å². The van der Waals surface area contributed by atoms with Gasteiger partial charge in [-0.2, -0.15) is 0 Å². The molecule has 2 heterocycles. The fourth-order valence-electron chi connectivity index (χ4n) is 2.21. The average Bonchev–Trinajstić information content (AvgIpc) is 3.09. The first-order chi connectivity index (χ1) is 10.7. The summed E-state index contributed by atoms with van der Waals surface area (Å²) in [5.74, 6) is 0.741. The zero-order chi connectivity index (χ0) is 15.5. The summed E-state index contributed by atoms with van der Waals surface area (Å²) in [6.45, 7) is 0. The molecule has 0 amide bonds. The van der Waals surface area contributed by atoms with Gasteiger partial charge in [-0.25, -0.2) is 0 Å². The second kappa shape index (κ2) is 6.37. The van der Waals surface area contributed by atoms with Gasteiger partial charge in [-0.15, -0.1) is 23.1 Å². The zero-order valence-corrected chi connectivity index (χ0v) is 13.4. The third-order valence-corrected chi connectivity index (χ3v) is 5.70. The molecular weight excluding hydrogens is 318 g/mol. The molecule has 6 heteroatoms. The van der Waals surface area contributed by atoms with Gasteiger partial charge >= 0.3 is 0 Å². The van der Waals surface area contributed by atoms with Crippen LogP contribution in [0.4, 0.5) is 0 Å². The number of methoxy groups -OCH3 is 1. The topological polar surface area (TPSA) is 52.4 Å². The second-order valence-corrected chi connectivity index (χ2v) is 6.72. The molecule has 1 aliphatic rings. The molecule has 112 valence electrons. The van der Waals surface area contributed by atoms with Gasteiger partial charge < -0.3 is 4.74 Å². The molecule has 0 saturated heterocycles. The monoisotopic (exact) mass is 331 g/mol. The maximum absolute atomic E-state index is 11.3. The van der Waals surface area contributed by atoms with Crippen LogP contribution in [0.15, 0.2) is 59.6 Å². The Bertz CT molecular complexity index is 733. The number of nitrogens with zero attached hydrogens (tertiary/aromatic N) is 1. The summed E-state index contributed by atoms with van der Waals surface area (Å²) >= 11 is 3.15. The van der Waals surface area contributed by atoms with E-state index < -0.39 is 0 Å². The Morgan fingerprint density at radius 2 is 1.95 bits per heavy atom. The van der Waals surface area contributed by atoms with Gasteiger partial charge in [0.25, 0.3) is 5.70 Å². The third kappa shape index (κ3) is 2.93. The van der Waals surface area contributed by atoms with Crippen molar-refractivity contribution in [3.8, 4) is 5.75 Å². The van der Waals surface area contributed by atoms with Gasteiger partial charge in [0.1, 0.15) is 11.0 Å². The van der Waals surface area contributed by atoms with E-state index >= 15 is 0 Å². The van der Waals surface area contributed by atoms with Crippen LogP contribution in [0.2, 0.25) is 0 Å². The number of thiophene rings is 1. The number of rotatable bonds is 4. The number of hydrogen-bond donors (Lipinski definition) is 0.